The van der Waals surface area contributed by atoms with Crippen LogP contribution in [0.15, 0.2) is 47.6 Å². The first-order valence-corrected chi connectivity index (χ1v) is 11.8. The molecule has 0 unspecified atom stereocenters. The first kappa shape index (κ1) is 25.4. The fourth-order valence-electron chi connectivity index (χ4n) is 3.06. The van der Waals surface area contributed by atoms with E-state index in [0.29, 0.717) is 35.6 Å². The van der Waals surface area contributed by atoms with Gasteiger partial charge in [0.05, 0.1) is 19.4 Å². The third-order valence-corrected chi connectivity index (χ3v) is 5.55. The van der Waals surface area contributed by atoms with Crippen LogP contribution in [0.1, 0.15) is 37.7 Å². The predicted octanol–water partition coefficient (Wildman–Crippen LogP) is 4.06. The number of aromatic nitrogens is 3. The minimum absolute atomic E-state index is 0.0642. The number of hydrogen-bond donors (Lipinski definition) is 2. The Balaban J connectivity index is 1.60. The molecule has 3 aromatic rings. The zero-order chi connectivity index (χ0) is 24.7. The van der Waals surface area contributed by atoms with Gasteiger partial charge in [0.15, 0.2) is 11.5 Å². The summed E-state index contributed by atoms with van der Waals surface area (Å²) >= 11 is 1.31. The number of methoxy groups -OCH3 is 1. The fourth-order valence-corrected chi connectivity index (χ4v) is 3.81. The van der Waals surface area contributed by atoms with E-state index in [4.69, 9.17) is 9.47 Å². The molecule has 0 radical (unpaired) electrons. The molecule has 0 saturated heterocycles. The lowest BCUT2D eigenvalue weighted by Gasteiger charge is -2.20. The minimum Gasteiger partial charge on any atom is -0.493 e. The molecule has 2 N–H and O–H groups in total. The van der Waals surface area contributed by atoms with Crippen molar-refractivity contribution in [2.24, 2.45) is 0 Å². The number of nitrogens with zero attached hydrogens (tertiary/aromatic N) is 3. The summed E-state index contributed by atoms with van der Waals surface area (Å²) in [5, 5.41) is 11.8. The largest absolute Gasteiger partial charge is 0.493 e. The molecule has 1 amide bonds. The van der Waals surface area contributed by atoms with Crippen LogP contribution in [0.4, 0.5) is 4.39 Å². The van der Waals surface area contributed by atoms with Gasteiger partial charge in [0.25, 0.3) is 0 Å². The Morgan fingerprint density at radius 1 is 1.09 bits per heavy atom. The van der Waals surface area contributed by atoms with Crippen LogP contribution in [0, 0.1) is 12.7 Å². The van der Waals surface area contributed by atoms with Crippen molar-refractivity contribution in [1.82, 2.24) is 20.2 Å². The Bertz CT molecular complexity index is 1110. The molecule has 10 heteroatoms. The zero-order valence-corrected chi connectivity index (χ0v) is 20.8. The highest BCUT2D eigenvalue weighted by molar-refractivity contribution is 7.99. The van der Waals surface area contributed by atoms with E-state index in [0.717, 1.165) is 11.1 Å². The lowest BCUT2D eigenvalue weighted by molar-refractivity contribution is -0.119. The summed E-state index contributed by atoms with van der Waals surface area (Å²) in [6, 6.07) is 11.8. The maximum absolute atomic E-state index is 13.1. The fraction of sp³-hybridized carbons (Fsp3) is 0.375. The van der Waals surface area contributed by atoms with Crippen LogP contribution in [0.2, 0.25) is 0 Å². The summed E-state index contributed by atoms with van der Waals surface area (Å²) in [6.45, 7) is 8.45. The molecule has 3 rings (SSSR count). The molecule has 0 aliphatic carbocycles. The quantitative estimate of drug-likeness (QED) is 0.417. The van der Waals surface area contributed by atoms with Crippen molar-refractivity contribution in [3.05, 3.63) is 65.2 Å². The molecule has 182 valence electrons. The van der Waals surface area contributed by atoms with E-state index in [-0.39, 0.29) is 23.0 Å². The smallest absolute Gasteiger partial charge is 0.230 e. The lowest BCUT2D eigenvalue weighted by atomic mass is 10.1. The van der Waals surface area contributed by atoms with Gasteiger partial charge < -0.3 is 20.2 Å². The molecule has 2 aromatic carbocycles. The van der Waals surface area contributed by atoms with Gasteiger partial charge >= 0.3 is 0 Å². The Morgan fingerprint density at radius 3 is 2.47 bits per heavy atom. The number of aryl methyl sites for hydroxylation is 1. The highest BCUT2D eigenvalue weighted by Crippen LogP contribution is 2.29. The molecule has 1 aromatic heterocycles. The van der Waals surface area contributed by atoms with E-state index >= 15 is 0 Å². The Kier molecular flexibility index (Phi) is 8.38. The summed E-state index contributed by atoms with van der Waals surface area (Å²) < 4.78 is 26.2. The van der Waals surface area contributed by atoms with E-state index in [1.807, 2.05) is 45.9 Å². The summed E-state index contributed by atoms with van der Waals surface area (Å²) in [4.78, 5) is 12.1. The van der Waals surface area contributed by atoms with Gasteiger partial charge in [-0.25, -0.2) is 9.07 Å². The molecular formula is C24H30FN5O3S. The van der Waals surface area contributed by atoms with Crippen molar-refractivity contribution in [1.29, 1.82) is 0 Å². The third kappa shape index (κ3) is 7.38. The van der Waals surface area contributed by atoms with E-state index in [1.165, 1.54) is 23.9 Å². The van der Waals surface area contributed by atoms with Gasteiger partial charge in [0.2, 0.25) is 11.1 Å². The molecule has 0 saturated carbocycles. The molecule has 0 aliphatic rings. The number of halogens is 1. The normalized spacial score (nSPS) is 11.2. The summed E-state index contributed by atoms with van der Waals surface area (Å²) in [7, 11) is 1.58. The molecule has 0 spiro atoms. The molecule has 0 bridgehead atoms. The van der Waals surface area contributed by atoms with E-state index in [9.17, 15) is 9.18 Å². The lowest BCUT2D eigenvalue weighted by Crippen LogP contribution is -2.41. The molecule has 0 atom stereocenters. The topological polar surface area (TPSA) is 90.3 Å². The van der Waals surface area contributed by atoms with Crippen LogP contribution < -0.4 is 20.2 Å². The second-order valence-electron chi connectivity index (χ2n) is 8.69. The molecule has 0 fully saturated rings. The van der Waals surface area contributed by atoms with E-state index in [1.54, 1.807) is 23.9 Å². The standard InChI is InChI=1S/C24H30FN5O3S/c1-16-28-29-23(34-15-22(31)27-24(2,3)4)30(16)26-13-18-8-11-20(21(12-18)32-5)33-14-17-6-9-19(25)10-7-17/h6-12,26H,13-15H2,1-5H3,(H,27,31). The van der Waals surface area contributed by atoms with Crippen molar-refractivity contribution in [2.45, 2.75) is 51.5 Å². The van der Waals surface area contributed by atoms with Crippen molar-refractivity contribution < 1.29 is 18.7 Å². The van der Waals surface area contributed by atoms with Gasteiger partial charge in [0.1, 0.15) is 18.2 Å². The maximum atomic E-state index is 13.1. The highest BCUT2D eigenvalue weighted by Gasteiger charge is 2.16. The number of carbonyl (C=O) groups excluding carboxylic acids is 1. The van der Waals surface area contributed by atoms with Crippen LogP contribution in [0.25, 0.3) is 0 Å². The highest BCUT2D eigenvalue weighted by atomic mass is 32.2. The second kappa shape index (κ2) is 11.2. The first-order chi connectivity index (χ1) is 16.1. The molecule has 1 heterocycles. The summed E-state index contributed by atoms with van der Waals surface area (Å²) in [6.07, 6.45) is 0. The van der Waals surface area contributed by atoms with Gasteiger partial charge in [0, 0.05) is 5.54 Å². The SMILES string of the molecule is COc1cc(CNn2c(C)nnc2SCC(=O)NC(C)(C)C)ccc1OCc1ccc(F)cc1. The van der Waals surface area contributed by atoms with Crippen LogP contribution in [-0.4, -0.2) is 39.2 Å². The number of thioether (sulfide) groups is 1. The third-order valence-electron chi connectivity index (χ3n) is 4.62. The van der Waals surface area contributed by atoms with Crippen molar-refractivity contribution in [3.8, 4) is 11.5 Å². The molecular weight excluding hydrogens is 457 g/mol. The maximum Gasteiger partial charge on any atom is 0.230 e. The number of rotatable bonds is 10. The Labute approximate surface area is 203 Å². The minimum atomic E-state index is -0.284. The second-order valence-corrected chi connectivity index (χ2v) is 9.63. The first-order valence-electron chi connectivity index (χ1n) is 10.8. The van der Waals surface area contributed by atoms with Crippen molar-refractivity contribution in [2.75, 3.05) is 18.3 Å². The number of hydrogen-bond acceptors (Lipinski definition) is 7. The number of carbonyl (C=O) groups is 1. The number of amides is 1. The number of benzene rings is 2. The van der Waals surface area contributed by atoms with Crippen LogP contribution >= 0.6 is 11.8 Å². The molecule has 34 heavy (non-hydrogen) atoms. The van der Waals surface area contributed by atoms with E-state index in [2.05, 4.69) is 20.9 Å². The summed E-state index contributed by atoms with van der Waals surface area (Å²) in [5.41, 5.74) is 4.83. The van der Waals surface area contributed by atoms with Crippen LogP contribution in [0.3, 0.4) is 0 Å². The van der Waals surface area contributed by atoms with Gasteiger partial charge in [-0.05, 0) is 63.1 Å². The number of ether oxygens (including phenoxy) is 2. The van der Waals surface area contributed by atoms with E-state index < -0.39 is 0 Å². The summed E-state index contributed by atoms with van der Waals surface area (Å²) in [5.74, 6) is 1.77. The van der Waals surface area contributed by atoms with Gasteiger partial charge in [-0.1, -0.05) is 30.0 Å². The Morgan fingerprint density at radius 2 is 1.79 bits per heavy atom. The van der Waals surface area contributed by atoms with Gasteiger partial charge in [-0.3, -0.25) is 4.79 Å². The Hall–Kier alpha value is -3.27. The monoisotopic (exact) mass is 487 g/mol. The zero-order valence-electron chi connectivity index (χ0n) is 20.0. The van der Waals surface area contributed by atoms with Crippen LogP contribution in [-0.2, 0) is 17.9 Å². The predicted molar refractivity (Wildman–Crippen MR) is 130 cm³/mol. The van der Waals surface area contributed by atoms with Gasteiger partial charge in [-0.15, -0.1) is 10.2 Å². The number of nitrogens with one attached hydrogen (secondary N) is 2. The van der Waals surface area contributed by atoms with Crippen LogP contribution in [0.5, 0.6) is 11.5 Å². The van der Waals surface area contributed by atoms with Crippen molar-refractivity contribution in [3.63, 3.8) is 0 Å². The average molecular weight is 488 g/mol. The molecule has 8 nitrogen and oxygen atoms in total. The van der Waals surface area contributed by atoms with Crippen molar-refractivity contribution >= 4 is 17.7 Å². The average Bonchev–Trinajstić information content (AvgIpc) is 3.14. The molecule has 0 aliphatic heterocycles. The van der Waals surface area contributed by atoms with Gasteiger partial charge in [-0.2, -0.15) is 0 Å².